The van der Waals surface area contributed by atoms with Gasteiger partial charge < -0.3 is 15.5 Å². The molecule has 1 aromatic heterocycles. The topological polar surface area (TPSA) is 70.2 Å². The quantitative estimate of drug-likeness (QED) is 0.637. The fourth-order valence-corrected chi connectivity index (χ4v) is 2.81. The molecule has 3 rings (SSSR count). The molecule has 29 heavy (non-hydrogen) atoms. The van der Waals surface area contributed by atoms with E-state index in [0.717, 1.165) is 5.69 Å². The Morgan fingerprint density at radius 1 is 1.07 bits per heavy atom. The van der Waals surface area contributed by atoms with Crippen molar-refractivity contribution in [2.75, 3.05) is 36.2 Å². The molecular weight excluding hydrogens is 369 g/mol. The zero-order chi connectivity index (χ0) is 20.8. The lowest BCUT2D eigenvalue weighted by atomic mass is 10.1. The number of nitrogens with one attached hydrogen (secondary N) is 2. The number of carbonyl (C=O) groups excluding carboxylic acids is 1. The van der Waals surface area contributed by atoms with Gasteiger partial charge in [-0.25, -0.2) is 14.4 Å². The van der Waals surface area contributed by atoms with Crippen molar-refractivity contribution < 1.29 is 9.18 Å². The fourth-order valence-electron chi connectivity index (χ4n) is 2.81. The van der Waals surface area contributed by atoms with E-state index in [-0.39, 0.29) is 17.4 Å². The van der Waals surface area contributed by atoms with Gasteiger partial charge >= 0.3 is 0 Å². The van der Waals surface area contributed by atoms with Crippen LogP contribution in [0, 0.1) is 12.7 Å². The maximum atomic E-state index is 13.7. The molecule has 2 aromatic carbocycles. The Morgan fingerprint density at radius 2 is 1.79 bits per heavy atom. The van der Waals surface area contributed by atoms with Crippen molar-refractivity contribution in [1.82, 2.24) is 9.97 Å². The molecule has 6 nitrogen and oxygen atoms in total. The predicted molar refractivity (Wildman–Crippen MR) is 114 cm³/mol. The Labute approximate surface area is 169 Å². The van der Waals surface area contributed by atoms with Crippen LogP contribution in [-0.4, -0.2) is 36.5 Å². The second-order valence-electron chi connectivity index (χ2n) is 6.88. The highest BCUT2D eigenvalue weighted by atomic mass is 19.1. The number of rotatable bonds is 7. The molecule has 3 aromatic rings. The van der Waals surface area contributed by atoms with E-state index in [2.05, 4.69) is 20.6 Å². The van der Waals surface area contributed by atoms with Crippen LogP contribution < -0.4 is 15.5 Å². The van der Waals surface area contributed by atoms with Gasteiger partial charge in [0, 0.05) is 37.7 Å². The van der Waals surface area contributed by atoms with Gasteiger partial charge in [0.25, 0.3) is 5.91 Å². The third kappa shape index (κ3) is 5.51. The number of nitrogens with zero attached hydrogens (tertiary/aromatic N) is 3. The van der Waals surface area contributed by atoms with Crippen LogP contribution in [0.25, 0.3) is 0 Å². The molecule has 0 unspecified atom stereocenters. The predicted octanol–water partition coefficient (Wildman–Crippen LogP) is 3.90. The lowest BCUT2D eigenvalue weighted by Crippen LogP contribution is -2.17. The maximum absolute atomic E-state index is 13.7. The van der Waals surface area contributed by atoms with Crippen LogP contribution in [0.4, 0.5) is 21.7 Å². The molecule has 1 amide bonds. The Balaban J connectivity index is 1.64. The van der Waals surface area contributed by atoms with Crippen molar-refractivity contribution in [2.45, 2.75) is 13.3 Å². The van der Waals surface area contributed by atoms with Crippen LogP contribution in [0.2, 0.25) is 0 Å². The van der Waals surface area contributed by atoms with Gasteiger partial charge in [-0.15, -0.1) is 0 Å². The number of benzene rings is 2. The first-order chi connectivity index (χ1) is 13.9. The summed E-state index contributed by atoms with van der Waals surface area (Å²) in [6, 6.07) is 15.8. The van der Waals surface area contributed by atoms with E-state index >= 15 is 0 Å². The molecule has 0 saturated heterocycles. The van der Waals surface area contributed by atoms with Crippen molar-refractivity contribution in [3.8, 4) is 0 Å². The fraction of sp³-hybridized carbons (Fsp3) is 0.227. The first kappa shape index (κ1) is 20.3. The smallest absolute Gasteiger partial charge is 0.274 e. The molecule has 0 fully saturated rings. The number of halogens is 1. The summed E-state index contributed by atoms with van der Waals surface area (Å²) in [5.74, 6) is -0.209. The molecular formula is C22H24FN5O. The van der Waals surface area contributed by atoms with Crippen LogP contribution in [0.3, 0.4) is 0 Å². The highest BCUT2D eigenvalue weighted by Gasteiger charge is 2.11. The lowest BCUT2D eigenvalue weighted by Gasteiger charge is -2.13. The Hall–Kier alpha value is -3.48. The number of aryl methyl sites for hydroxylation is 1. The summed E-state index contributed by atoms with van der Waals surface area (Å²) >= 11 is 0. The summed E-state index contributed by atoms with van der Waals surface area (Å²) in [7, 11) is 3.91. The standard InChI is InChI=1S/C22H24FN5O/c1-15-14-20(21(29)26-17-8-10-18(11-9-17)28(2)3)27-22(25-15)24-13-12-16-6-4-5-7-19(16)23/h4-11,14H,12-13H2,1-3H3,(H,26,29)(H,24,25,27). The van der Waals surface area contributed by atoms with Gasteiger partial charge in [0.1, 0.15) is 11.5 Å². The number of amides is 1. The summed E-state index contributed by atoms with van der Waals surface area (Å²) in [6.07, 6.45) is 0.490. The zero-order valence-electron chi connectivity index (χ0n) is 16.7. The number of hydrogen-bond acceptors (Lipinski definition) is 5. The third-order valence-electron chi connectivity index (χ3n) is 4.36. The van der Waals surface area contributed by atoms with Gasteiger partial charge in [0.2, 0.25) is 5.95 Å². The lowest BCUT2D eigenvalue weighted by molar-refractivity contribution is 0.102. The van der Waals surface area contributed by atoms with Crippen LogP contribution in [0.1, 0.15) is 21.7 Å². The van der Waals surface area contributed by atoms with Crippen molar-refractivity contribution >= 4 is 23.2 Å². The molecule has 150 valence electrons. The number of carbonyl (C=O) groups is 1. The third-order valence-corrected chi connectivity index (χ3v) is 4.36. The summed E-state index contributed by atoms with van der Waals surface area (Å²) < 4.78 is 13.7. The molecule has 0 aliphatic carbocycles. The first-order valence-corrected chi connectivity index (χ1v) is 9.34. The van der Waals surface area contributed by atoms with Crippen LogP contribution >= 0.6 is 0 Å². The van der Waals surface area contributed by atoms with Crippen molar-refractivity contribution in [3.05, 3.63) is 77.4 Å². The van der Waals surface area contributed by atoms with Crippen molar-refractivity contribution in [2.24, 2.45) is 0 Å². The van der Waals surface area contributed by atoms with E-state index in [1.54, 1.807) is 31.2 Å². The summed E-state index contributed by atoms with van der Waals surface area (Å²) in [5.41, 5.74) is 3.28. The highest BCUT2D eigenvalue weighted by Crippen LogP contribution is 2.17. The second-order valence-corrected chi connectivity index (χ2v) is 6.88. The minimum Gasteiger partial charge on any atom is -0.378 e. The average molecular weight is 393 g/mol. The van der Waals surface area contributed by atoms with E-state index < -0.39 is 0 Å². The molecule has 0 saturated carbocycles. The van der Waals surface area contributed by atoms with Crippen LogP contribution in [-0.2, 0) is 6.42 Å². The Morgan fingerprint density at radius 3 is 2.48 bits per heavy atom. The first-order valence-electron chi connectivity index (χ1n) is 9.34. The minimum absolute atomic E-state index is 0.236. The van der Waals surface area contributed by atoms with Gasteiger partial charge in [-0.05, 0) is 55.3 Å². The molecule has 7 heteroatoms. The number of aromatic nitrogens is 2. The minimum atomic E-state index is -0.315. The van der Waals surface area contributed by atoms with E-state index in [1.165, 1.54) is 6.07 Å². The number of anilines is 3. The van der Waals surface area contributed by atoms with Gasteiger partial charge in [-0.1, -0.05) is 18.2 Å². The van der Waals surface area contributed by atoms with E-state index in [4.69, 9.17) is 0 Å². The molecule has 1 heterocycles. The molecule has 0 atom stereocenters. The van der Waals surface area contributed by atoms with Crippen LogP contribution in [0.5, 0.6) is 0 Å². The largest absolute Gasteiger partial charge is 0.378 e. The van der Waals surface area contributed by atoms with Crippen molar-refractivity contribution in [3.63, 3.8) is 0 Å². The van der Waals surface area contributed by atoms with Gasteiger partial charge in [0.15, 0.2) is 0 Å². The van der Waals surface area contributed by atoms with Crippen molar-refractivity contribution in [1.29, 1.82) is 0 Å². The molecule has 0 aliphatic rings. The van der Waals surface area contributed by atoms with E-state index in [1.807, 2.05) is 43.3 Å². The molecule has 0 radical (unpaired) electrons. The zero-order valence-corrected chi connectivity index (χ0v) is 16.7. The number of hydrogen-bond donors (Lipinski definition) is 2. The second kappa shape index (κ2) is 9.14. The van der Waals surface area contributed by atoms with Crippen LogP contribution in [0.15, 0.2) is 54.6 Å². The summed E-state index contributed by atoms with van der Waals surface area (Å²) in [4.78, 5) is 23.2. The van der Waals surface area contributed by atoms with Gasteiger partial charge in [-0.2, -0.15) is 0 Å². The van der Waals surface area contributed by atoms with Gasteiger partial charge in [0.05, 0.1) is 0 Å². The normalized spacial score (nSPS) is 10.5. The highest BCUT2D eigenvalue weighted by molar-refractivity contribution is 6.03. The molecule has 0 bridgehead atoms. The van der Waals surface area contributed by atoms with Gasteiger partial charge in [-0.3, -0.25) is 4.79 Å². The average Bonchev–Trinajstić information content (AvgIpc) is 2.69. The SMILES string of the molecule is Cc1cc(C(=O)Nc2ccc(N(C)C)cc2)nc(NCCc2ccccc2F)n1. The van der Waals surface area contributed by atoms with E-state index in [9.17, 15) is 9.18 Å². The summed E-state index contributed by atoms with van der Waals surface area (Å²) in [6.45, 7) is 2.25. The Kier molecular flexibility index (Phi) is 6.39. The molecule has 2 N–H and O–H groups in total. The monoisotopic (exact) mass is 393 g/mol. The maximum Gasteiger partial charge on any atom is 0.274 e. The molecule has 0 spiro atoms. The summed E-state index contributed by atoms with van der Waals surface area (Å²) in [5, 5.41) is 5.91. The molecule has 0 aliphatic heterocycles. The Bertz CT molecular complexity index is 989. The van der Waals surface area contributed by atoms with E-state index in [0.29, 0.717) is 35.9 Å².